The van der Waals surface area contributed by atoms with E-state index in [9.17, 15) is 10.2 Å². The van der Waals surface area contributed by atoms with E-state index in [0.29, 0.717) is 17.8 Å². The number of rotatable bonds is 0. The standard InChI is InChI=1S/C12H14O2/c13-10-6-5-9-7-3-1-2-4-8(7)11(9)12(10)14/h1-14H/t7-,8+,9-,10+,11+,12+/m1/s1. The molecule has 1 saturated carbocycles. The van der Waals surface area contributed by atoms with E-state index in [1.807, 2.05) is 6.08 Å². The van der Waals surface area contributed by atoms with Gasteiger partial charge in [0.25, 0.3) is 0 Å². The van der Waals surface area contributed by atoms with Crippen molar-refractivity contribution in [2.24, 2.45) is 23.7 Å². The summed E-state index contributed by atoms with van der Waals surface area (Å²) in [5, 5.41) is 19.4. The fourth-order valence-electron chi connectivity index (χ4n) is 3.07. The summed E-state index contributed by atoms with van der Waals surface area (Å²) in [6.07, 6.45) is 11.0. The monoisotopic (exact) mass is 190 g/mol. The molecule has 0 unspecified atom stereocenters. The Morgan fingerprint density at radius 3 is 2.14 bits per heavy atom. The first-order valence-corrected chi connectivity index (χ1v) is 5.18. The van der Waals surface area contributed by atoms with E-state index in [1.165, 1.54) is 0 Å². The first-order valence-electron chi connectivity index (χ1n) is 5.18. The van der Waals surface area contributed by atoms with E-state index in [4.69, 9.17) is 0 Å². The molecule has 0 aliphatic heterocycles. The SMILES string of the molecule is O[C@@H]1[C@@H]2[C@H](C=C[C@@H]1O)[C@@H]1C=CC=C[C@@H]12. The van der Waals surface area contributed by atoms with E-state index in [-0.39, 0.29) is 5.92 Å². The second-order valence-electron chi connectivity index (χ2n) is 4.45. The number of aliphatic hydroxyl groups is 2. The third-order valence-electron chi connectivity index (χ3n) is 3.83. The van der Waals surface area contributed by atoms with Gasteiger partial charge in [0.05, 0.1) is 12.2 Å². The summed E-state index contributed by atoms with van der Waals surface area (Å²) in [5.74, 6) is 1.63. The third kappa shape index (κ3) is 0.928. The lowest BCUT2D eigenvalue weighted by Gasteiger charge is -2.54. The minimum atomic E-state index is -0.670. The molecule has 0 saturated heterocycles. The summed E-state index contributed by atoms with van der Waals surface area (Å²) < 4.78 is 0. The van der Waals surface area contributed by atoms with Crippen molar-refractivity contribution in [1.29, 1.82) is 0 Å². The number of hydrogen-bond acceptors (Lipinski definition) is 2. The highest BCUT2D eigenvalue weighted by Crippen LogP contribution is 2.53. The van der Waals surface area contributed by atoms with E-state index in [0.717, 1.165) is 0 Å². The van der Waals surface area contributed by atoms with Gasteiger partial charge in [0.2, 0.25) is 0 Å². The van der Waals surface area contributed by atoms with Crippen LogP contribution in [0.4, 0.5) is 0 Å². The van der Waals surface area contributed by atoms with Crippen LogP contribution < -0.4 is 0 Å². The van der Waals surface area contributed by atoms with Crippen molar-refractivity contribution in [1.82, 2.24) is 0 Å². The predicted octanol–water partition coefficient (Wildman–Crippen LogP) is 0.882. The van der Waals surface area contributed by atoms with Gasteiger partial charge in [-0.2, -0.15) is 0 Å². The van der Waals surface area contributed by atoms with Crippen LogP contribution in [0.15, 0.2) is 36.5 Å². The largest absolute Gasteiger partial charge is 0.390 e. The van der Waals surface area contributed by atoms with Gasteiger partial charge in [-0.1, -0.05) is 36.5 Å². The highest BCUT2D eigenvalue weighted by atomic mass is 16.3. The van der Waals surface area contributed by atoms with Crippen molar-refractivity contribution in [3.63, 3.8) is 0 Å². The zero-order valence-electron chi connectivity index (χ0n) is 7.82. The molecule has 3 aliphatic rings. The molecule has 2 nitrogen and oxygen atoms in total. The van der Waals surface area contributed by atoms with Gasteiger partial charge in [-0.15, -0.1) is 0 Å². The van der Waals surface area contributed by atoms with Crippen LogP contribution in [-0.4, -0.2) is 22.4 Å². The van der Waals surface area contributed by atoms with Crippen LogP contribution in [0.3, 0.4) is 0 Å². The molecule has 0 spiro atoms. The van der Waals surface area contributed by atoms with Gasteiger partial charge in [-0.3, -0.25) is 0 Å². The normalized spacial score (nSPS) is 53.6. The van der Waals surface area contributed by atoms with Gasteiger partial charge in [-0.05, 0) is 17.8 Å². The minimum absolute atomic E-state index is 0.223. The fraction of sp³-hybridized carbons (Fsp3) is 0.500. The maximum absolute atomic E-state index is 9.85. The molecule has 2 N–H and O–H groups in total. The van der Waals surface area contributed by atoms with Crippen molar-refractivity contribution < 1.29 is 10.2 Å². The fourth-order valence-corrected chi connectivity index (χ4v) is 3.07. The molecule has 0 radical (unpaired) electrons. The van der Waals surface area contributed by atoms with Crippen LogP contribution in [0.2, 0.25) is 0 Å². The zero-order chi connectivity index (χ0) is 9.71. The average Bonchev–Trinajstić information content (AvgIpc) is 2.18. The van der Waals surface area contributed by atoms with Crippen molar-refractivity contribution in [2.75, 3.05) is 0 Å². The lowest BCUT2D eigenvalue weighted by atomic mass is 9.51. The molecule has 0 aromatic carbocycles. The van der Waals surface area contributed by atoms with Crippen molar-refractivity contribution >= 4 is 0 Å². The Balaban J connectivity index is 1.91. The average molecular weight is 190 g/mol. The van der Waals surface area contributed by atoms with Gasteiger partial charge >= 0.3 is 0 Å². The van der Waals surface area contributed by atoms with Gasteiger partial charge in [-0.25, -0.2) is 0 Å². The van der Waals surface area contributed by atoms with Crippen LogP contribution in [-0.2, 0) is 0 Å². The number of hydrogen-bond donors (Lipinski definition) is 2. The van der Waals surface area contributed by atoms with Gasteiger partial charge in [0.15, 0.2) is 0 Å². The minimum Gasteiger partial charge on any atom is -0.390 e. The summed E-state index contributed by atoms with van der Waals surface area (Å²) in [6, 6.07) is 0. The van der Waals surface area contributed by atoms with Crippen molar-refractivity contribution in [3.05, 3.63) is 36.5 Å². The first-order chi connectivity index (χ1) is 6.79. The summed E-state index contributed by atoms with van der Waals surface area (Å²) in [4.78, 5) is 0. The van der Waals surface area contributed by atoms with Crippen LogP contribution in [0.5, 0.6) is 0 Å². The van der Waals surface area contributed by atoms with Crippen molar-refractivity contribution in [3.8, 4) is 0 Å². The second kappa shape index (κ2) is 2.81. The highest BCUT2D eigenvalue weighted by Gasteiger charge is 2.52. The van der Waals surface area contributed by atoms with Gasteiger partial charge in [0.1, 0.15) is 0 Å². The molecule has 14 heavy (non-hydrogen) atoms. The first kappa shape index (κ1) is 8.45. The smallest absolute Gasteiger partial charge is 0.0983 e. The van der Waals surface area contributed by atoms with Crippen molar-refractivity contribution in [2.45, 2.75) is 12.2 Å². The second-order valence-corrected chi connectivity index (χ2v) is 4.45. The maximum atomic E-state index is 9.85. The molecule has 0 amide bonds. The molecule has 0 aromatic heterocycles. The van der Waals surface area contributed by atoms with Crippen LogP contribution >= 0.6 is 0 Å². The summed E-state index contributed by atoms with van der Waals surface area (Å²) in [5.41, 5.74) is 0. The topological polar surface area (TPSA) is 40.5 Å². The Bertz CT molecular complexity index is 329. The lowest BCUT2D eigenvalue weighted by Crippen LogP contribution is -2.55. The molecule has 1 fully saturated rings. The molecule has 6 atom stereocenters. The molecular formula is C12H14O2. The predicted molar refractivity (Wildman–Crippen MR) is 53.4 cm³/mol. The Morgan fingerprint density at radius 1 is 0.714 bits per heavy atom. The summed E-state index contributed by atoms with van der Waals surface area (Å²) >= 11 is 0. The quantitative estimate of drug-likeness (QED) is 0.557. The van der Waals surface area contributed by atoms with Crippen LogP contribution in [0, 0.1) is 23.7 Å². The molecule has 3 aliphatic carbocycles. The number of aliphatic hydroxyl groups excluding tert-OH is 2. The van der Waals surface area contributed by atoms with E-state index in [1.54, 1.807) is 6.08 Å². The maximum Gasteiger partial charge on any atom is 0.0983 e. The summed E-state index contributed by atoms with van der Waals surface area (Å²) in [6.45, 7) is 0. The highest BCUT2D eigenvalue weighted by molar-refractivity contribution is 5.28. The Kier molecular flexibility index (Phi) is 1.70. The Labute approximate surface area is 83.3 Å². The lowest BCUT2D eigenvalue weighted by molar-refractivity contribution is -0.0896. The molecule has 0 bridgehead atoms. The van der Waals surface area contributed by atoms with Gasteiger partial charge in [0, 0.05) is 5.92 Å². The van der Waals surface area contributed by atoms with E-state index < -0.39 is 12.2 Å². The van der Waals surface area contributed by atoms with Crippen LogP contribution in [0.1, 0.15) is 0 Å². The van der Waals surface area contributed by atoms with Crippen LogP contribution in [0.25, 0.3) is 0 Å². The molecule has 2 heteroatoms. The molecule has 0 aromatic rings. The zero-order valence-corrected chi connectivity index (χ0v) is 7.82. The number of fused-ring (bicyclic) bond motifs is 4. The third-order valence-corrected chi connectivity index (χ3v) is 3.83. The Hall–Kier alpha value is -0.860. The van der Waals surface area contributed by atoms with E-state index >= 15 is 0 Å². The molecule has 0 heterocycles. The molecular weight excluding hydrogens is 176 g/mol. The number of allylic oxidation sites excluding steroid dienone is 5. The van der Waals surface area contributed by atoms with E-state index in [2.05, 4.69) is 24.3 Å². The van der Waals surface area contributed by atoms with Gasteiger partial charge < -0.3 is 10.2 Å². The molecule has 3 rings (SSSR count). The molecule has 74 valence electrons. The Morgan fingerprint density at radius 2 is 1.36 bits per heavy atom. The summed E-state index contributed by atoms with van der Waals surface area (Å²) in [7, 11) is 0.